The van der Waals surface area contributed by atoms with Crippen LogP contribution in [0.1, 0.15) is 50.6 Å². The molecule has 3 heterocycles. The molecule has 1 aromatic heterocycles. The lowest BCUT2D eigenvalue weighted by molar-refractivity contribution is -0.133. The fourth-order valence-corrected chi connectivity index (χ4v) is 3.97. The van der Waals surface area contributed by atoms with Crippen LogP contribution in [-0.4, -0.2) is 35.4 Å². The van der Waals surface area contributed by atoms with Crippen molar-refractivity contribution in [3.8, 4) is 0 Å². The Morgan fingerprint density at radius 3 is 2.77 bits per heavy atom. The zero-order valence-corrected chi connectivity index (χ0v) is 13.5. The molecule has 0 bridgehead atoms. The number of hydrogen-bond acceptors (Lipinski definition) is 3. The second-order valence-corrected chi connectivity index (χ2v) is 6.79. The maximum atomic E-state index is 12.8. The van der Waals surface area contributed by atoms with E-state index in [1.54, 1.807) is 0 Å². The Morgan fingerprint density at radius 2 is 2.05 bits per heavy atom. The number of piperidine rings is 1. The zero-order valence-electron chi connectivity index (χ0n) is 13.5. The van der Waals surface area contributed by atoms with E-state index in [1.165, 1.54) is 18.4 Å². The number of nitrogens with zero attached hydrogens (tertiary/aromatic N) is 2. The Hall–Kier alpha value is -1.42. The van der Waals surface area contributed by atoms with Gasteiger partial charge in [0.1, 0.15) is 0 Å². The highest BCUT2D eigenvalue weighted by Crippen LogP contribution is 2.33. The van der Waals surface area contributed by atoms with Crippen molar-refractivity contribution < 1.29 is 4.79 Å². The van der Waals surface area contributed by atoms with Gasteiger partial charge >= 0.3 is 0 Å². The molecule has 1 amide bonds. The summed E-state index contributed by atoms with van der Waals surface area (Å²) >= 11 is 0. The highest BCUT2D eigenvalue weighted by atomic mass is 16.2. The van der Waals surface area contributed by atoms with E-state index in [9.17, 15) is 4.79 Å². The Labute approximate surface area is 133 Å². The van der Waals surface area contributed by atoms with Crippen LogP contribution >= 0.6 is 0 Å². The van der Waals surface area contributed by atoms with E-state index < -0.39 is 0 Å². The number of likely N-dealkylation sites (tertiary alicyclic amines) is 1. The minimum absolute atomic E-state index is 0.260. The molecule has 1 aromatic rings. The van der Waals surface area contributed by atoms with Crippen molar-refractivity contribution in [2.45, 2.75) is 45.1 Å². The van der Waals surface area contributed by atoms with Gasteiger partial charge in [-0.15, -0.1) is 0 Å². The Bertz CT molecular complexity index is 484. The van der Waals surface area contributed by atoms with Gasteiger partial charge < -0.3 is 10.2 Å². The van der Waals surface area contributed by atoms with Crippen LogP contribution in [0.25, 0.3) is 0 Å². The monoisotopic (exact) mass is 301 g/mol. The van der Waals surface area contributed by atoms with Gasteiger partial charge in [-0.2, -0.15) is 0 Å². The molecule has 2 atom stereocenters. The number of carbonyl (C=O) groups excluding carboxylic acids is 1. The summed E-state index contributed by atoms with van der Waals surface area (Å²) in [5.41, 5.74) is 1.23. The van der Waals surface area contributed by atoms with Crippen molar-refractivity contribution in [1.29, 1.82) is 0 Å². The average molecular weight is 301 g/mol. The Balaban J connectivity index is 1.61. The normalized spacial score (nSPS) is 24.4. The number of carbonyl (C=O) groups is 1. The summed E-state index contributed by atoms with van der Waals surface area (Å²) in [5.74, 6) is 1.53. The van der Waals surface area contributed by atoms with Gasteiger partial charge in [-0.25, -0.2) is 0 Å². The molecule has 2 unspecified atom stereocenters. The molecule has 4 nitrogen and oxygen atoms in total. The summed E-state index contributed by atoms with van der Waals surface area (Å²) in [4.78, 5) is 19.0. The van der Waals surface area contributed by atoms with E-state index in [2.05, 4.69) is 22.1 Å². The van der Waals surface area contributed by atoms with Crippen molar-refractivity contribution in [3.05, 3.63) is 30.1 Å². The van der Waals surface area contributed by atoms with Crippen LogP contribution < -0.4 is 5.32 Å². The van der Waals surface area contributed by atoms with Crippen LogP contribution in [0.3, 0.4) is 0 Å². The van der Waals surface area contributed by atoms with Crippen LogP contribution in [0.15, 0.2) is 24.5 Å². The SMILES string of the molecule is CC(CC(=O)N1CCCC1c1ccncc1)C1CCNCC1. The molecule has 2 aliphatic heterocycles. The first-order chi connectivity index (χ1) is 10.8. The van der Waals surface area contributed by atoms with E-state index in [0.29, 0.717) is 24.2 Å². The number of nitrogens with one attached hydrogen (secondary N) is 1. The van der Waals surface area contributed by atoms with Crippen molar-refractivity contribution in [2.24, 2.45) is 11.8 Å². The quantitative estimate of drug-likeness (QED) is 0.930. The molecule has 0 spiro atoms. The Kier molecular flexibility index (Phi) is 5.08. The highest BCUT2D eigenvalue weighted by molar-refractivity contribution is 5.77. The number of aromatic nitrogens is 1. The predicted molar refractivity (Wildman–Crippen MR) is 87.3 cm³/mol. The lowest BCUT2D eigenvalue weighted by Gasteiger charge is -2.31. The van der Waals surface area contributed by atoms with E-state index in [4.69, 9.17) is 0 Å². The van der Waals surface area contributed by atoms with Crippen LogP contribution in [0.5, 0.6) is 0 Å². The summed E-state index contributed by atoms with van der Waals surface area (Å²) in [6, 6.07) is 4.36. The van der Waals surface area contributed by atoms with Gasteiger partial charge in [-0.3, -0.25) is 9.78 Å². The summed E-state index contributed by atoms with van der Waals surface area (Å²) < 4.78 is 0. The lowest BCUT2D eigenvalue weighted by Crippen LogP contribution is -2.35. The fraction of sp³-hybridized carbons (Fsp3) is 0.667. The van der Waals surface area contributed by atoms with Gasteiger partial charge in [-0.05, 0) is 68.3 Å². The third-order valence-corrected chi connectivity index (χ3v) is 5.35. The molecule has 2 aliphatic rings. The Morgan fingerprint density at radius 1 is 1.32 bits per heavy atom. The van der Waals surface area contributed by atoms with Gasteiger partial charge in [0.2, 0.25) is 5.91 Å². The van der Waals surface area contributed by atoms with Crippen molar-refractivity contribution >= 4 is 5.91 Å². The molecule has 2 fully saturated rings. The molecular weight excluding hydrogens is 274 g/mol. The molecule has 0 aromatic carbocycles. The van der Waals surface area contributed by atoms with Crippen LogP contribution in [0, 0.1) is 11.8 Å². The fourth-order valence-electron chi connectivity index (χ4n) is 3.97. The third-order valence-electron chi connectivity index (χ3n) is 5.35. The number of hydrogen-bond donors (Lipinski definition) is 1. The van der Waals surface area contributed by atoms with Gasteiger partial charge in [0.15, 0.2) is 0 Å². The first kappa shape index (κ1) is 15.5. The molecule has 0 saturated carbocycles. The van der Waals surface area contributed by atoms with Gasteiger partial charge in [0, 0.05) is 25.4 Å². The maximum Gasteiger partial charge on any atom is 0.223 e. The van der Waals surface area contributed by atoms with E-state index in [-0.39, 0.29) is 6.04 Å². The van der Waals surface area contributed by atoms with Crippen LogP contribution in [-0.2, 0) is 4.79 Å². The number of rotatable bonds is 4. The molecular formula is C18H27N3O. The second kappa shape index (κ2) is 7.23. The van der Waals surface area contributed by atoms with Gasteiger partial charge in [-0.1, -0.05) is 6.92 Å². The summed E-state index contributed by atoms with van der Waals surface area (Å²) in [5, 5.41) is 3.41. The molecule has 4 heteroatoms. The molecule has 2 saturated heterocycles. The molecule has 120 valence electrons. The van der Waals surface area contributed by atoms with Crippen molar-refractivity contribution in [2.75, 3.05) is 19.6 Å². The average Bonchev–Trinajstić information content (AvgIpc) is 3.06. The number of amides is 1. The predicted octanol–water partition coefficient (Wildman–Crippen LogP) is 2.77. The lowest BCUT2D eigenvalue weighted by atomic mass is 9.84. The van der Waals surface area contributed by atoms with Crippen LogP contribution in [0.2, 0.25) is 0 Å². The molecule has 0 radical (unpaired) electrons. The summed E-state index contributed by atoms with van der Waals surface area (Å²) in [6.45, 7) is 5.37. The van der Waals surface area contributed by atoms with E-state index in [0.717, 1.165) is 32.5 Å². The first-order valence-corrected chi connectivity index (χ1v) is 8.66. The number of pyridine rings is 1. The minimum Gasteiger partial charge on any atom is -0.336 e. The summed E-state index contributed by atoms with van der Waals surface area (Å²) in [7, 11) is 0. The first-order valence-electron chi connectivity index (χ1n) is 8.66. The summed E-state index contributed by atoms with van der Waals surface area (Å²) in [6.07, 6.45) is 8.97. The van der Waals surface area contributed by atoms with Gasteiger partial charge in [0.25, 0.3) is 0 Å². The largest absolute Gasteiger partial charge is 0.336 e. The van der Waals surface area contributed by atoms with Crippen LogP contribution in [0.4, 0.5) is 0 Å². The third kappa shape index (κ3) is 3.49. The molecule has 1 N–H and O–H groups in total. The molecule has 0 aliphatic carbocycles. The van der Waals surface area contributed by atoms with E-state index in [1.807, 2.05) is 24.5 Å². The second-order valence-electron chi connectivity index (χ2n) is 6.79. The van der Waals surface area contributed by atoms with Gasteiger partial charge in [0.05, 0.1) is 6.04 Å². The van der Waals surface area contributed by atoms with Crippen molar-refractivity contribution in [1.82, 2.24) is 15.2 Å². The maximum absolute atomic E-state index is 12.8. The van der Waals surface area contributed by atoms with E-state index >= 15 is 0 Å². The molecule has 3 rings (SSSR count). The minimum atomic E-state index is 0.260. The standard InChI is InChI=1S/C18H27N3O/c1-14(15-4-8-19-9-5-15)13-18(22)21-12-2-3-17(21)16-6-10-20-11-7-16/h6-7,10-11,14-15,17,19H,2-5,8-9,12-13H2,1H3. The molecule has 22 heavy (non-hydrogen) atoms. The smallest absolute Gasteiger partial charge is 0.223 e. The van der Waals surface area contributed by atoms with Crippen molar-refractivity contribution in [3.63, 3.8) is 0 Å². The highest BCUT2D eigenvalue weighted by Gasteiger charge is 2.31. The zero-order chi connectivity index (χ0) is 15.4. The topological polar surface area (TPSA) is 45.2 Å².